The minimum Gasteiger partial charge on any atom is -0.338 e. The number of benzene rings is 1. The Labute approximate surface area is 112 Å². The van der Waals surface area contributed by atoms with Crippen LogP contribution in [-0.4, -0.2) is 23.1 Å². The van der Waals surface area contributed by atoms with E-state index in [2.05, 4.69) is 10.1 Å². The summed E-state index contributed by atoms with van der Waals surface area (Å²) in [5.41, 5.74) is 3.52. The van der Waals surface area contributed by atoms with E-state index < -0.39 is 0 Å². The summed E-state index contributed by atoms with van der Waals surface area (Å²) in [6.07, 6.45) is 2.44. The monoisotopic (exact) mass is 258 g/mol. The maximum Gasteiger partial charge on any atom is 0.362 e. The third-order valence-corrected chi connectivity index (χ3v) is 3.71. The number of aromatic amines is 1. The molecule has 0 atom stereocenters. The molecule has 1 saturated heterocycles. The van der Waals surface area contributed by atoms with Crippen molar-refractivity contribution < 1.29 is 4.52 Å². The van der Waals surface area contributed by atoms with Gasteiger partial charge in [0.15, 0.2) is 0 Å². The van der Waals surface area contributed by atoms with Crippen molar-refractivity contribution in [1.29, 1.82) is 0 Å². The number of aromatic nitrogens is 1. The average molecular weight is 258 g/mol. The summed E-state index contributed by atoms with van der Waals surface area (Å²) in [6, 6.07) is 8.12. The van der Waals surface area contributed by atoms with E-state index in [-0.39, 0.29) is 5.63 Å². The maximum atomic E-state index is 11.8. The van der Waals surface area contributed by atoms with Crippen molar-refractivity contribution in [3.8, 4) is 11.3 Å². The molecule has 19 heavy (non-hydrogen) atoms. The first-order valence-electron chi connectivity index (χ1n) is 6.74. The molecule has 1 aliphatic heterocycles. The molecule has 1 aromatic heterocycles. The molecular weight excluding hydrogens is 240 g/mol. The first-order valence-corrected chi connectivity index (χ1v) is 6.74. The SMILES string of the molecule is Cc1ccc(-c2[nH]oc(=O)c2CN2CCCC2)cc1. The van der Waals surface area contributed by atoms with Gasteiger partial charge in [-0.3, -0.25) is 4.90 Å². The lowest BCUT2D eigenvalue weighted by Crippen LogP contribution is -2.21. The Morgan fingerprint density at radius 3 is 2.58 bits per heavy atom. The summed E-state index contributed by atoms with van der Waals surface area (Å²) < 4.78 is 4.98. The van der Waals surface area contributed by atoms with Crippen molar-refractivity contribution in [3.05, 3.63) is 45.8 Å². The van der Waals surface area contributed by atoms with E-state index in [9.17, 15) is 4.79 Å². The van der Waals surface area contributed by atoms with Crippen molar-refractivity contribution in [3.63, 3.8) is 0 Å². The highest BCUT2D eigenvalue weighted by Crippen LogP contribution is 2.22. The summed E-state index contributed by atoms with van der Waals surface area (Å²) in [7, 11) is 0. The molecule has 0 saturated carbocycles. The van der Waals surface area contributed by atoms with Gasteiger partial charge in [-0.05, 0) is 32.9 Å². The molecule has 0 bridgehead atoms. The van der Waals surface area contributed by atoms with Crippen LogP contribution in [0.3, 0.4) is 0 Å². The van der Waals surface area contributed by atoms with Crippen LogP contribution in [0.5, 0.6) is 0 Å². The highest BCUT2D eigenvalue weighted by Gasteiger charge is 2.19. The molecule has 1 aromatic carbocycles. The Bertz CT molecular complexity index is 604. The van der Waals surface area contributed by atoms with Gasteiger partial charge in [0.25, 0.3) is 0 Å². The molecule has 1 N–H and O–H groups in total. The maximum absolute atomic E-state index is 11.8. The van der Waals surface area contributed by atoms with Gasteiger partial charge >= 0.3 is 5.63 Å². The largest absolute Gasteiger partial charge is 0.362 e. The Morgan fingerprint density at radius 2 is 1.89 bits per heavy atom. The molecule has 2 aromatic rings. The molecule has 0 radical (unpaired) electrons. The van der Waals surface area contributed by atoms with Gasteiger partial charge in [0, 0.05) is 12.1 Å². The number of nitrogens with one attached hydrogen (secondary N) is 1. The zero-order valence-corrected chi connectivity index (χ0v) is 11.1. The first-order chi connectivity index (χ1) is 9.24. The van der Waals surface area contributed by atoms with Gasteiger partial charge in [-0.15, -0.1) is 0 Å². The quantitative estimate of drug-likeness (QED) is 0.920. The number of H-pyrrole nitrogens is 1. The molecule has 1 aliphatic rings. The second kappa shape index (κ2) is 5.05. The van der Waals surface area contributed by atoms with Crippen molar-refractivity contribution in [2.45, 2.75) is 26.3 Å². The summed E-state index contributed by atoms with van der Waals surface area (Å²) in [6.45, 7) is 4.86. The number of nitrogens with zero attached hydrogens (tertiary/aromatic N) is 1. The van der Waals surface area contributed by atoms with Crippen LogP contribution in [0.1, 0.15) is 24.0 Å². The summed E-state index contributed by atoms with van der Waals surface area (Å²) >= 11 is 0. The van der Waals surface area contributed by atoms with E-state index in [0.717, 1.165) is 29.9 Å². The molecule has 4 nitrogen and oxygen atoms in total. The second-order valence-corrected chi connectivity index (χ2v) is 5.19. The zero-order chi connectivity index (χ0) is 13.2. The lowest BCUT2D eigenvalue weighted by molar-refractivity contribution is 0.325. The van der Waals surface area contributed by atoms with Gasteiger partial charge in [-0.25, -0.2) is 9.95 Å². The Hall–Kier alpha value is -1.81. The molecule has 100 valence electrons. The van der Waals surface area contributed by atoms with Gasteiger partial charge < -0.3 is 4.52 Å². The summed E-state index contributed by atoms with van der Waals surface area (Å²) in [4.78, 5) is 14.1. The first kappa shape index (κ1) is 12.2. The molecule has 0 spiro atoms. The minimum absolute atomic E-state index is 0.248. The van der Waals surface area contributed by atoms with Crippen LogP contribution < -0.4 is 5.63 Å². The van der Waals surface area contributed by atoms with Crippen molar-refractivity contribution in [2.24, 2.45) is 0 Å². The van der Waals surface area contributed by atoms with Gasteiger partial charge in [0.05, 0.1) is 11.3 Å². The van der Waals surface area contributed by atoms with E-state index in [4.69, 9.17) is 4.52 Å². The second-order valence-electron chi connectivity index (χ2n) is 5.19. The lowest BCUT2D eigenvalue weighted by atomic mass is 10.1. The highest BCUT2D eigenvalue weighted by molar-refractivity contribution is 5.62. The van der Waals surface area contributed by atoms with E-state index in [1.54, 1.807) is 0 Å². The molecule has 0 amide bonds. The molecule has 3 rings (SSSR count). The number of hydrogen-bond donors (Lipinski definition) is 1. The van der Waals surface area contributed by atoms with Gasteiger partial charge in [0.1, 0.15) is 0 Å². The van der Waals surface area contributed by atoms with Crippen LogP contribution in [0, 0.1) is 6.92 Å². The van der Waals surface area contributed by atoms with Gasteiger partial charge in [-0.2, -0.15) is 0 Å². The zero-order valence-electron chi connectivity index (χ0n) is 11.1. The third-order valence-electron chi connectivity index (χ3n) is 3.71. The highest BCUT2D eigenvalue weighted by atomic mass is 16.5. The van der Waals surface area contributed by atoms with Crippen LogP contribution >= 0.6 is 0 Å². The van der Waals surface area contributed by atoms with Crippen LogP contribution in [0.4, 0.5) is 0 Å². The smallest absolute Gasteiger partial charge is 0.338 e. The number of likely N-dealkylation sites (tertiary alicyclic amines) is 1. The van der Waals surface area contributed by atoms with Crippen LogP contribution in [-0.2, 0) is 6.54 Å². The van der Waals surface area contributed by atoms with Crippen LogP contribution in [0.15, 0.2) is 33.6 Å². The van der Waals surface area contributed by atoms with Crippen molar-refractivity contribution in [1.82, 2.24) is 10.1 Å². The van der Waals surface area contributed by atoms with E-state index in [1.165, 1.54) is 18.4 Å². The molecule has 2 heterocycles. The fourth-order valence-corrected chi connectivity index (χ4v) is 2.58. The molecule has 0 aliphatic carbocycles. The van der Waals surface area contributed by atoms with Crippen LogP contribution in [0.2, 0.25) is 0 Å². The summed E-state index contributed by atoms with van der Waals surface area (Å²) in [5, 5.41) is 2.77. The fraction of sp³-hybridized carbons (Fsp3) is 0.400. The third kappa shape index (κ3) is 2.49. The van der Waals surface area contributed by atoms with Crippen LogP contribution in [0.25, 0.3) is 11.3 Å². The molecule has 0 unspecified atom stereocenters. The number of aryl methyl sites for hydroxylation is 1. The van der Waals surface area contributed by atoms with E-state index in [0.29, 0.717) is 6.54 Å². The predicted octanol–water partition coefficient (Wildman–Crippen LogP) is 2.54. The predicted molar refractivity (Wildman–Crippen MR) is 74.0 cm³/mol. The number of rotatable bonds is 3. The molecule has 1 fully saturated rings. The lowest BCUT2D eigenvalue weighted by Gasteiger charge is -2.13. The molecule has 4 heteroatoms. The Kier molecular flexibility index (Phi) is 3.25. The van der Waals surface area contributed by atoms with E-state index >= 15 is 0 Å². The Balaban J connectivity index is 1.93. The van der Waals surface area contributed by atoms with Gasteiger partial charge in [-0.1, -0.05) is 29.8 Å². The van der Waals surface area contributed by atoms with Gasteiger partial charge in [0.2, 0.25) is 0 Å². The Morgan fingerprint density at radius 1 is 1.21 bits per heavy atom. The minimum atomic E-state index is -0.248. The van der Waals surface area contributed by atoms with Crippen molar-refractivity contribution in [2.75, 3.05) is 13.1 Å². The summed E-state index contributed by atoms with van der Waals surface area (Å²) in [5.74, 6) is 0. The average Bonchev–Trinajstić information content (AvgIpc) is 3.03. The molecular formula is C15H18N2O2. The number of hydrogen-bond acceptors (Lipinski definition) is 3. The topological polar surface area (TPSA) is 49.2 Å². The fourth-order valence-electron chi connectivity index (χ4n) is 2.58. The van der Waals surface area contributed by atoms with Crippen molar-refractivity contribution >= 4 is 0 Å². The normalized spacial score (nSPS) is 16.1. The standard InChI is InChI=1S/C15H18N2O2/c1-11-4-6-12(7-5-11)14-13(15(18)19-16-14)10-17-8-2-3-9-17/h4-7,16H,2-3,8-10H2,1H3. The van der Waals surface area contributed by atoms with E-state index in [1.807, 2.05) is 31.2 Å².